The third kappa shape index (κ3) is 4.22. The van der Waals surface area contributed by atoms with E-state index in [1.54, 1.807) is 7.11 Å². The number of ether oxygens (including phenoxy) is 1. The van der Waals surface area contributed by atoms with Crippen LogP contribution < -0.4 is 10.1 Å². The van der Waals surface area contributed by atoms with E-state index in [0.717, 1.165) is 18.7 Å². The molecule has 0 spiro atoms. The lowest BCUT2D eigenvalue weighted by atomic mass is 10.1. The van der Waals surface area contributed by atoms with Gasteiger partial charge in [-0.25, -0.2) is 0 Å². The van der Waals surface area contributed by atoms with Gasteiger partial charge in [0.05, 0.1) is 7.11 Å². The van der Waals surface area contributed by atoms with Crippen molar-refractivity contribution >= 4 is 0 Å². The van der Waals surface area contributed by atoms with Crippen molar-refractivity contribution in [2.24, 2.45) is 0 Å². The number of hydrogen-bond acceptors (Lipinski definition) is 3. The molecule has 19 heavy (non-hydrogen) atoms. The summed E-state index contributed by atoms with van der Waals surface area (Å²) in [6.45, 7) is 8.02. The normalized spacial score (nSPS) is 20.1. The molecule has 1 N–H and O–H groups in total. The highest BCUT2D eigenvalue weighted by molar-refractivity contribution is 5.28. The van der Waals surface area contributed by atoms with Gasteiger partial charge in [0.2, 0.25) is 0 Å². The Hall–Kier alpha value is -1.06. The van der Waals surface area contributed by atoms with Gasteiger partial charge in [-0.3, -0.25) is 4.90 Å². The van der Waals surface area contributed by atoms with Crippen LogP contribution in [0.5, 0.6) is 5.75 Å². The lowest BCUT2D eigenvalue weighted by molar-refractivity contribution is 0.268. The van der Waals surface area contributed by atoms with E-state index in [0.29, 0.717) is 12.1 Å². The standard InChI is InChI=1S/C16H26N2O/c1-13(2)18-10-8-15(12-18)17-9-7-14-5-4-6-16(11-14)19-3/h4-6,11,13,15,17H,7-10,12H2,1-3H3. The second kappa shape index (κ2) is 6.92. The summed E-state index contributed by atoms with van der Waals surface area (Å²) >= 11 is 0. The third-order valence-corrected chi connectivity index (χ3v) is 3.93. The maximum atomic E-state index is 5.25. The Morgan fingerprint density at radius 3 is 2.95 bits per heavy atom. The molecule has 0 saturated carbocycles. The molecule has 1 unspecified atom stereocenters. The number of rotatable bonds is 6. The first-order valence-electron chi connectivity index (χ1n) is 7.29. The Kier molecular flexibility index (Phi) is 5.23. The molecule has 1 atom stereocenters. The van der Waals surface area contributed by atoms with E-state index in [2.05, 4.69) is 42.3 Å². The van der Waals surface area contributed by atoms with Crippen molar-refractivity contribution in [3.8, 4) is 5.75 Å². The molecule has 1 aliphatic heterocycles. The van der Waals surface area contributed by atoms with Crippen LogP contribution in [0.2, 0.25) is 0 Å². The Labute approximate surface area is 116 Å². The maximum Gasteiger partial charge on any atom is 0.119 e. The quantitative estimate of drug-likeness (QED) is 0.851. The van der Waals surface area contributed by atoms with Gasteiger partial charge < -0.3 is 10.1 Å². The molecule has 1 aromatic carbocycles. The fraction of sp³-hybridized carbons (Fsp3) is 0.625. The molecule has 0 amide bonds. The Morgan fingerprint density at radius 1 is 1.42 bits per heavy atom. The fourth-order valence-corrected chi connectivity index (χ4v) is 2.67. The molecular formula is C16H26N2O. The summed E-state index contributed by atoms with van der Waals surface area (Å²) in [6, 6.07) is 9.67. The summed E-state index contributed by atoms with van der Waals surface area (Å²) in [6.07, 6.45) is 2.34. The van der Waals surface area contributed by atoms with Gasteiger partial charge >= 0.3 is 0 Å². The van der Waals surface area contributed by atoms with Crippen LogP contribution in [0.1, 0.15) is 25.8 Å². The van der Waals surface area contributed by atoms with E-state index in [9.17, 15) is 0 Å². The van der Waals surface area contributed by atoms with Gasteiger partial charge in [0.15, 0.2) is 0 Å². The molecule has 1 heterocycles. The molecule has 0 bridgehead atoms. The number of benzene rings is 1. The molecule has 0 aliphatic carbocycles. The van der Waals surface area contributed by atoms with Crippen LogP contribution in [0, 0.1) is 0 Å². The molecule has 106 valence electrons. The second-order valence-corrected chi connectivity index (χ2v) is 5.63. The Morgan fingerprint density at radius 2 is 2.26 bits per heavy atom. The fourth-order valence-electron chi connectivity index (χ4n) is 2.67. The third-order valence-electron chi connectivity index (χ3n) is 3.93. The molecule has 3 heteroatoms. The zero-order valence-corrected chi connectivity index (χ0v) is 12.4. The molecule has 1 aliphatic rings. The smallest absolute Gasteiger partial charge is 0.119 e. The minimum atomic E-state index is 0.660. The van der Waals surface area contributed by atoms with Crippen molar-refractivity contribution in [3.63, 3.8) is 0 Å². The first-order valence-corrected chi connectivity index (χ1v) is 7.29. The van der Waals surface area contributed by atoms with Gasteiger partial charge in [0.1, 0.15) is 5.75 Å². The van der Waals surface area contributed by atoms with Crippen molar-refractivity contribution < 1.29 is 4.74 Å². The summed E-state index contributed by atoms with van der Waals surface area (Å²) < 4.78 is 5.25. The Balaban J connectivity index is 1.72. The van der Waals surface area contributed by atoms with E-state index in [4.69, 9.17) is 4.74 Å². The molecular weight excluding hydrogens is 236 g/mol. The van der Waals surface area contributed by atoms with Crippen LogP contribution in [0.3, 0.4) is 0 Å². The SMILES string of the molecule is COc1cccc(CCNC2CCN(C(C)C)C2)c1. The number of nitrogens with one attached hydrogen (secondary N) is 1. The minimum Gasteiger partial charge on any atom is -0.497 e. The van der Waals surface area contributed by atoms with E-state index in [-0.39, 0.29) is 0 Å². The lowest BCUT2D eigenvalue weighted by Gasteiger charge is -2.20. The average molecular weight is 262 g/mol. The van der Waals surface area contributed by atoms with E-state index in [1.165, 1.54) is 25.1 Å². The lowest BCUT2D eigenvalue weighted by Crippen LogP contribution is -2.36. The van der Waals surface area contributed by atoms with Crippen LogP contribution in [0.4, 0.5) is 0 Å². The van der Waals surface area contributed by atoms with Gasteiger partial charge in [-0.2, -0.15) is 0 Å². The van der Waals surface area contributed by atoms with Gasteiger partial charge in [-0.05, 0) is 57.5 Å². The zero-order chi connectivity index (χ0) is 13.7. The van der Waals surface area contributed by atoms with Crippen molar-refractivity contribution in [1.29, 1.82) is 0 Å². The predicted octanol–water partition coefficient (Wildman–Crippen LogP) is 2.31. The minimum absolute atomic E-state index is 0.660. The molecule has 3 nitrogen and oxygen atoms in total. The molecule has 1 aromatic rings. The summed E-state index contributed by atoms with van der Waals surface area (Å²) in [5.74, 6) is 0.948. The first-order chi connectivity index (χ1) is 9.19. The van der Waals surface area contributed by atoms with Crippen LogP contribution in [-0.4, -0.2) is 43.7 Å². The molecule has 0 radical (unpaired) electrons. The van der Waals surface area contributed by atoms with Gasteiger partial charge in [-0.1, -0.05) is 12.1 Å². The van der Waals surface area contributed by atoms with Crippen molar-refractivity contribution in [3.05, 3.63) is 29.8 Å². The summed E-state index contributed by atoms with van der Waals surface area (Å²) in [5.41, 5.74) is 1.34. The van der Waals surface area contributed by atoms with E-state index < -0.39 is 0 Å². The number of hydrogen-bond donors (Lipinski definition) is 1. The summed E-state index contributed by atoms with van der Waals surface area (Å²) in [5, 5.41) is 3.67. The van der Waals surface area contributed by atoms with Gasteiger partial charge in [-0.15, -0.1) is 0 Å². The molecule has 0 aromatic heterocycles. The summed E-state index contributed by atoms with van der Waals surface area (Å²) in [7, 11) is 1.72. The van der Waals surface area contributed by atoms with E-state index >= 15 is 0 Å². The van der Waals surface area contributed by atoms with Crippen molar-refractivity contribution in [2.75, 3.05) is 26.7 Å². The molecule has 2 rings (SSSR count). The zero-order valence-electron chi connectivity index (χ0n) is 12.4. The summed E-state index contributed by atoms with van der Waals surface area (Å²) in [4.78, 5) is 2.54. The number of nitrogens with zero attached hydrogens (tertiary/aromatic N) is 1. The van der Waals surface area contributed by atoms with Crippen LogP contribution in [0.25, 0.3) is 0 Å². The monoisotopic (exact) mass is 262 g/mol. The van der Waals surface area contributed by atoms with Crippen molar-refractivity contribution in [2.45, 2.75) is 38.8 Å². The van der Waals surface area contributed by atoms with Crippen LogP contribution >= 0.6 is 0 Å². The Bertz CT molecular complexity index is 392. The van der Waals surface area contributed by atoms with Crippen LogP contribution in [0.15, 0.2) is 24.3 Å². The van der Waals surface area contributed by atoms with Gasteiger partial charge in [0, 0.05) is 18.6 Å². The highest BCUT2D eigenvalue weighted by Gasteiger charge is 2.23. The number of likely N-dealkylation sites (tertiary alicyclic amines) is 1. The van der Waals surface area contributed by atoms with E-state index in [1.807, 2.05) is 6.07 Å². The second-order valence-electron chi connectivity index (χ2n) is 5.63. The molecule has 1 saturated heterocycles. The number of methoxy groups -OCH3 is 1. The largest absolute Gasteiger partial charge is 0.497 e. The first kappa shape index (κ1) is 14.4. The highest BCUT2D eigenvalue weighted by Crippen LogP contribution is 2.14. The van der Waals surface area contributed by atoms with Gasteiger partial charge in [0.25, 0.3) is 0 Å². The average Bonchev–Trinajstić information content (AvgIpc) is 2.88. The highest BCUT2D eigenvalue weighted by atomic mass is 16.5. The van der Waals surface area contributed by atoms with Crippen LogP contribution in [-0.2, 0) is 6.42 Å². The molecule has 1 fully saturated rings. The predicted molar refractivity (Wildman–Crippen MR) is 79.8 cm³/mol. The van der Waals surface area contributed by atoms with Crippen molar-refractivity contribution in [1.82, 2.24) is 10.2 Å². The topological polar surface area (TPSA) is 24.5 Å². The maximum absolute atomic E-state index is 5.25.